The van der Waals surface area contributed by atoms with Crippen molar-refractivity contribution in [3.8, 4) is 0 Å². The van der Waals surface area contributed by atoms with Gasteiger partial charge in [-0.2, -0.15) is 4.98 Å². The van der Waals surface area contributed by atoms with E-state index in [2.05, 4.69) is 29.9 Å². The quantitative estimate of drug-likeness (QED) is 0.0549. The number of nitrogens with one attached hydrogen (secondary N) is 1. The smallest absolute Gasteiger partial charge is 0.327 e. The van der Waals surface area contributed by atoms with E-state index in [0.717, 1.165) is 10.9 Å². The van der Waals surface area contributed by atoms with Crippen molar-refractivity contribution < 1.29 is 44.1 Å². The Labute approximate surface area is 254 Å². The molecule has 9 unspecified atom stereocenters. The van der Waals surface area contributed by atoms with Gasteiger partial charge in [0.05, 0.1) is 31.5 Å². The molecule has 10 N–H and O–H groups in total. The molecule has 244 valence electrons. The number of rotatable bonds is 14. The van der Waals surface area contributed by atoms with Crippen LogP contribution in [0.1, 0.15) is 32.2 Å². The highest BCUT2D eigenvalue weighted by Crippen LogP contribution is 2.40. The standard InChI is InChI=1S/C24H33N10O10P/c1-9(17(44-45-41)16(38)22(40)33-6-29-13-18(25)27-5-28-19(13)33)11(36)3-2-10-15(37)12(4-42-8-35)43-23(10)34-7-30-14-20(34)31-24(26)32-21(14)39/h5-7,9-12,15-17,22-23,35-38,40H,2-4,8H2,1H3,(H2,25,27,28)(H3,26,31,32,39). The van der Waals surface area contributed by atoms with Gasteiger partial charge in [-0.25, -0.2) is 24.5 Å². The lowest BCUT2D eigenvalue weighted by atomic mass is 9.86. The van der Waals surface area contributed by atoms with Gasteiger partial charge in [0.25, 0.3) is 5.56 Å². The largest absolute Gasteiger partial charge is 0.393 e. The number of aliphatic hydroxyl groups excluding tert-OH is 5. The Morgan fingerprint density at radius 1 is 1.13 bits per heavy atom. The minimum Gasteiger partial charge on any atom is -0.393 e. The van der Waals surface area contributed by atoms with Gasteiger partial charge in [-0.1, -0.05) is 6.92 Å². The minimum atomic E-state index is -1.72. The van der Waals surface area contributed by atoms with Crippen LogP contribution in [0.25, 0.3) is 22.3 Å². The van der Waals surface area contributed by atoms with Crippen molar-refractivity contribution in [3.05, 3.63) is 29.3 Å². The minimum absolute atomic E-state index is 0.00566. The van der Waals surface area contributed by atoms with Crippen LogP contribution in [0.5, 0.6) is 0 Å². The molecule has 0 radical (unpaired) electrons. The maximum Gasteiger partial charge on any atom is 0.327 e. The van der Waals surface area contributed by atoms with Crippen LogP contribution < -0.4 is 17.0 Å². The number of hydrogen-bond donors (Lipinski definition) is 8. The number of hydrogen-bond acceptors (Lipinski definition) is 17. The maximum absolute atomic E-state index is 12.3. The van der Waals surface area contributed by atoms with Gasteiger partial charge in [0.15, 0.2) is 28.9 Å². The maximum atomic E-state index is 12.3. The fraction of sp³-hybridized carbons (Fsp3) is 0.583. The zero-order valence-electron chi connectivity index (χ0n) is 23.8. The number of nitrogen functional groups attached to an aromatic ring is 2. The molecule has 45 heavy (non-hydrogen) atoms. The molecule has 1 aliphatic rings. The summed E-state index contributed by atoms with van der Waals surface area (Å²) in [7, 11) is -0.812. The molecular formula is C24H33N10O10P. The van der Waals surface area contributed by atoms with Gasteiger partial charge in [0.1, 0.15) is 43.2 Å². The van der Waals surface area contributed by atoms with E-state index in [4.69, 9.17) is 30.6 Å². The van der Waals surface area contributed by atoms with E-state index in [0.29, 0.717) is 0 Å². The van der Waals surface area contributed by atoms with E-state index in [1.807, 2.05) is 0 Å². The van der Waals surface area contributed by atoms with Crippen LogP contribution in [-0.4, -0.2) is 108 Å². The molecule has 4 aromatic heterocycles. The second-order valence-electron chi connectivity index (χ2n) is 10.6. The summed E-state index contributed by atoms with van der Waals surface area (Å²) in [5.74, 6) is -1.72. The highest BCUT2D eigenvalue weighted by atomic mass is 31.1. The summed E-state index contributed by atoms with van der Waals surface area (Å²) >= 11 is 0. The second-order valence-corrected chi connectivity index (χ2v) is 11.0. The summed E-state index contributed by atoms with van der Waals surface area (Å²) in [6.07, 6.45) is -5.14. The number of imidazole rings is 2. The third-order valence-electron chi connectivity index (χ3n) is 8.00. The van der Waals surface area contributed by atoms with Crippen molar-refractivity contribution in [3.63, 3.8) is 0 Å². The van der Waals surface area contributed by atoms with Gasteiger partial charge in [0.2, 0.25) is 5.95 Å². The third-order valence-corrected chi connectivity index (χ3v) is 8.33. The number of aliphatic hydroxyl groups is 5. The van der Waals surface area contributed by atoms with Crippen molar-refractivity contribution in [1.82, 2.24) is 39.0 Å². The number of ether oxygens (including phenoxy) is 2. The SMILES string of the molecule is CC(C(O)CCC1C(O)C(COCO)OC1n1cnc2c(=O)[nH]c(N)nc21)C(OP=O)C(O)C(O)n1cnc2c(N)ncnc21. The van der Waals surface area contributed by atoms with Crippen LogP contribution >= 0.6 is 8.69 Å². The molecule has 1 saturated heterocycles. The molecule has 1 aliphatic heterocycles. The third kappa shape index (κ3) is 6.37. The lowest BCUT2D eigenvalue weighted by Crippen LogP contribution is -2.43. The Morgan fingerprint density at radius 2 is 1.89 bits per heavy atom. The topological polar surface area (TPSA) is 305 Å². The summed E-state index contributed by atoms with van der Waals surface area (Å²) in [4.78, 5) is 34.9. The van der Waals surface area contributed by atoms with E-state index in [1.165, 1.54) is 24.1 Å². The lowest BCUT2D eigenvalue weighted by Gasteiger charge is -2.32. The molecule has 5 heterocycles. The highest BCUT2D eigenvalue weighted by Gasteiger charge is 2.46. The molecule has 20 nitrogen and oxygen atoms in total. The van der Waals surface area contributed by atoms with E-state index in [1.54, 1.807) is 0 Å². The Balaban J connectivity index is 1.34. The second kappa shape index (κ2) is 13.7. The number of aromatic nitrogens is 8. The molecule has 0 aliphatic carbocycles. The summed E-state index contributed by atoms with van der Waals surface area (Å²) in [5, 5.41) is 53.5. The van der Waals surface area contributed by atoms with Crippen molar-refractivity contribution in [2.75, 3.05) is 24.9 Å². The van der Waals surface area contributed by atoms with Crippen molar-refractivity contribution in [1.29, 1.82) is 0 Å². The van der Waals surface area contributed by atoms with Crippen molar-refractivity contribution >= 4 is 42.8 Å². The Morgan fingerprint density at radius 3 is 2.62 bits per heavy atom. The van der Waals surface area contributed by atoms with Crippen molar-refractivity contribution in [2.24, 2.45) is 11.8 Å². The van der Waals surface area contributed by atoms with Crippen LogP contribution in [-0.2, 0) is 18.6 Å². The molecule has 1 fully saturated rings. The zero-order chi connectivity index (χ0) is 32.4. The first kappa shape index (κ1) is 32.7. The van der Waals surface area contributed by atoms with E-state index in [9.17, 15) is 29.8 Å². The first-order chi connectivity index (χ1) is 21.6. The van der Waals surface area contributed by atoms with E-state index >= 15 is 0 Å². The predicted molar refractivity (Wildman–Crippen MR) is 153 cm³/mol. The molecule has 21 heteroatoms. The highest BCUT2D eigenvalue weighted by molar-refractivity contribution is 7.17. The fourth-order valence-electron chi connectivity index (χ4n) is 5.59. The number of anilines is 2. The van der Waals surface area contributed by atoms with Crippen LogP contribution in [0.3, 0.4) is 0 Å². The van der Waals surface area contributed by atoms with Gasteiger partial charge in [-0.3, -0.25) is 23.4 Å². The number of aromatic amines is 1. The summed E-state index contributed by atoms with van der Waals surface area (Å²) in [6, 6.07) is 0. The monoisotopic (exact) mass is 652 g/mol. The molecule has 0 bridgehead atoms. The molecule has 0 spiro atoms. The molecular weight excluding hydrogens is 619 g/mol. The Bertz CT molecular complexity index is 1690. The van der Waals surface area contributed by atoms with Gasteiger partial charge < -0.3 is 46.5 Å². The Hall–Kier alpha value is -3.72. The van der Waals surface area contributed by atoms with Gasteiger partial charge >= 0.3 is 8.69 Å². The number of nitrogens with two attached hydrogens (primary N) is 2. The summed E-state index contributed by atoms with van der Waals surface area (Å²) in [5.41, 5.74) is 11.4. The fourth-order valence-corrected chi connectivity index (χ4v) is 6.00. The average Bonchev–Trinajstić information content (AvgIpc) is 3.72. The number of nitrogens with zero attached hydrogens (tertiary/aromatic N) is 7. The van der Waals surface area contributed by atoms with Crippen LogP contribution in [0.4, 0.5) is 11.8 Å². The molecule has 0 saturated carbocycles. The average molecular weight is 653 g/mol. The Kier molecular flexibility index (Phi) is 9.97. The lowest BCUT2D eigenvalue weighted by molar-refractivity contribution is -0.109. The predicted octanol–water partition coefficient (Wildman–Crippen LogP) is -1.81. The first-order valence-electron chi connectivity index (χ1n) is 13.8. The van der Waals surface area contributed by atoms with Crippen LogP contribution in [0.2, 0.25) is 0 Å². The molecule has 4 aromatic rings. The number of fused-ring (bicyclic) bond motifs is 2. The van der Waals surface area contributed by atoms with E-state index in [-0.39, 0.29) is 53.5 Å². The molecule has 5 rings (SSSR count). The zero-order valence-corrected chi connectivity index (χ0v) is 24.7. The normalized spacial score (nSPS) is 23.9. The summed E-state index contributed by atoms with van der Waals surface area (Å²) in [6.45, 7) is 0.764. The van der Waals surface area contributed by atoms with Gasteiger partial charge in [0, 0.05) is 11.8 Å². The van der Waals surface area contributed by atoms with Crippen molar-refractivity contribution in [2.45, 2.75) is 62.7 Å². The molecule has 0 aromatic carbocycles. The van der Waals surface area contributed by atoms with Crippen LogP contribution in [0.15, 0.2) is 23.8 Å². The summed E-state index contributed by atoms with van der Waals surface area (Å²) < 4.78 is 30.4. The molecule has 0 amide bonds. The van der Waals surface area contributed by atoms with E-state index < -0.39 is 75.9 Å². The first-order valence-corrected chi connectivity index (χ1v) is 14.5. The van der Waals surface area contributed by atoms with Crippen LogP contribution in [0, 0.1) is 11.8 Å². The van der Waals surface area contributed by atoms with Gasteiger partial charge in [-0.05, 0) is 12.8 Å². The number of H-pyrrole nitrogens is 1. The molecule has 9 atom stereocenters. The van der Waals surface area contributed by atoms with Gasteiger partial charge in [-0.15, -0.1) is 0 Å².